The SMILES string of the molecule is CCC(C)(Cl)C(=O)OOS(=O)(=O)Cl. The molecule has 8 heteroatoms. The molecule has 0 saturated heterocycles. The van der Waals surface area contributed by atoms with E-state index in [1.807, 2.05) is 0 Å². The third-order valence-electron chi connectivity index (χ3n) is 1.28. The van der Waals surface area contributed by atoms with Crippen LogP contribution in [0.15, 0.2) is 0 Å². The average molecular weight is 251 g/mol. The Bertz CT molecular complexity index is 283. The Hall–Kier alpha value is -0.0400. The molecule has 1 unspecified atom stereocenters. The van der Waals surface area contributed by atoms with Crippen LogP contribution in [-0.2, 0) is 23.3 Å². The van der Waals surface area contributed by atoms with Crippen LogP contribution in [0.3, 0.4) is 0 Å². The van der Waals surface area contributed by atoms with Gasteiger partial charge in [0.1, 0.15) is 4.87 Å². The molecule has 13 heavy (non-hydrogen) atoms. The van der Waals surface area contributed by atoms with Crippen molar-refractivity contribution in [3.05, 3.63) is 0 Å². The first kappa shape index (κ1) is 13.0. The second-order valence-corrected chi connectivity index (χ2v) is 5.27. The van der Waals surface area contributed by atoms with E-state index in [9.17, 15) is 13.2 Å². The van der Waals surface area contributed by atoms with Crippen LogP contribution in [0.25, 0.3) is 0 Å². The van der Waals surface area contributed by atoms with Gasteiger partial charge in [0.05, 0.1) is 10.7 Å². The van der Waals surface area contributed by atoms with Gasteiger partial charge in [0.2, 0.25) is 0 Å². The number of halogens is 2. The van der Waals surface area contributed by atoms with Crippen molar-refractivity contribution < 1.29 is 22.4 Å². The zero-order valence-corrected chi connectivity index (χ0v) is 9.24. The summed E-state index contributed by atoms with van der Waals surface area (Å²) in [7, 11) is 0.283. The summed E-state index contributed by atoms with van der Waals surface area (Å²) in [6.45, 7) is 2.99. The highest BCUT2D eigenvalue weighted by molar-refractivity contribution is 8.09. The van der Waals surface area contributed by atoms with Gasteiger partial charge in [0.25, 0.3) is 0 Å². The van der Waals surface area contributed by atoms with E-state index in [2.05, 4.69) is 19.9 Å². The van der Waals surface area contributed by atoms with Crippen molar-refractivity contribution in [3.8, 4) is 0 Å². The highest BCUT2D eigenvalue weighted by Crippen LogP contribution is 2.20. The highest BCUT2D eigenvalue weighted by Gasteiger charge is 2.32. The largest absolute Gasteiger partial charge is 0.390 e. The number of alkyl halides is 1. The molecule has 0 aliphatic rings. The minimum Gasteiger partial charge on any atom is -0.279 e. The minimum atomic E-state index is -4.32. The second kappa shape index (κ2) is 4.45. The van der Waals surface area contributed by atoms with Crippen LogP contribution >= 0.6 is 22.3 Å². The fourth-order valence-electron chi connectivity index (χ4n) is 0.303. The Morgan fingerprint density at radius 2 is 2.00 bits per heavy atom. The van der Waals surface area contributed by atoms with Gasteiger partial charge in [-0.25, -0.2) is 4.79 Å². The summed E-state index contributed by atoms with van der Waals surface area (Å²) in [5, 5.41) is 0. The molecule has 0 saturated carbocycles. The molecule has 5 nitrogen and oxygen atoms in total. The molecule has 0 bridgehead atoms. The van der Waals surface area contributed by atoms with Crippen molar-refractivity contribution in [2.75, 3.05) is 0 Å². The van der Waals surface area contributed by atoms with Crippen LogP contribution in [-0.4, -0.2) is 19.3 Å². The third kappa shape index (κ3) is 5.30. The molecule has 0 aliphatic heterocycles. The summed E-state index contributed by atoms with van der Waals surface area (Å²) in [6.07, 6.45) is 0.263. The molecule has 78 valence electrons. The van der Waals surface area contributed by atoms with E-state index in [4.69, 9.17) is 11.6 Å². The third-order valence-corrected chi connectivity index (χ3v) is 2.09. The standard InChI is InChI=1S/C5H8Cl2O5S/c1-3-5(2,6)4(8)11-12-13(7,9)10/h3H2,1-2H3. The van der Waals surface area contributed by atoms with Gasteiger partial charge < -0.3 is 0 Å². The van der Waals surface area contributed by atoms with Gasteiger partial charge >= 0.3 is 15.3 Å². The van der Waals surface area contributed by atoms with Gasteiger partial charge in [-0.3, -0.25) is 4.89 Å². The lowest BCUT2D eigenvalue weighted by atomic mass is 10.1. The van der Waals surface area contributed by atoms with E-state index < -0.39 is 20.2 Å². The molecule has 0 radical (unpaired) electrons. The van der Waals surface area contributed by atoms with Crippen molar-refractivity contribution in [2.24, 2.45) is 0 Å². The van der Waals surface area contributed by atoms with Crippen molar-refractivity contribution >= 4 is 37.6 Å². The van der Waals surface area contributed by atoms with Crippen LogP contribution in [0.2, 0.25) is 0 Å². The molecule has 0 N–H and O–H groups in total. The molecule has 0 aromatic carbocycles. The zero-order chi connectivity index (χ0) is 10.7. The fourth-order valence-corrected chi connectivity index (χ4v) is 0.554. The normalized spacial score (nSPS) is 16.3. The van der Waals surface area contributed by atoms with E-state index in [-0.39, 0.29) is 6.42 Å². The lowest BCUT2D eigenvalue weighted by Gasteiger charge is -2.14. The van der Waals surface area contributed by atoms with Gasteiger partial charge in [-0.2, -0.15) is 8.42 Å². The van der Waals surface area contributed by atoms with Gasteiger partial charge in [-0.05, 0) is 17.7 Å². The number of rotatable bonds is 4. The Labute approximate surface area is 85.5 Å². The number of carbonyl (C=O) groups is 1. The molecule has 0 aliphatic carbocycles. The van der Waals surface area contributed by atoms with Gasteiger partial charge in [-0.15, -0.1) is 11.6 Å². The number of carbonyl (C=O) groups excluding carboxylic acids is 1. The Morgan fingerprint density at radius 1 is 1.54 bits per heavy atom. The van der Waals surface area contributed by atoms with Crippen molar-refractivity contribution in [2.45, 2.75) is 25.1 Å². The maximum Gasteiger partial charge on any atom is 0.390 e. The van der Waals surface area contributed by atoms with E-state index in [1.165, 1.54) is 6.92 Å². The highest BCUT2D eigenvalue weighted by atomic mass is 35.7. The molecule has 0 spiro atoms. The molecule has 0 aromatic rings. The monoisotopic (exact) mass is 250 g/mol. The van der Waals surface area contributed by atoms with E-state index >= 15 is 0 Å². The smallest absolute Gasteiger partial charge is 0.279 e. The fraction of sp³-hybridized carbons (Fsp3) is 0.800. The zero-order valence-electron chi connectivity index (χ0n) is 6.91. The van der Waals surface area contributed by atoms with Crippen molar-refractivity contribution in [1.29, 1.82) is 0 Å². The van der Waals surface area contributed by atoms with Gasteiger partial charge in [-0.1, -0.05) is 6.92 Å². The van der Waals surface area contributed by atoms with Crippen LogP contribution in [0, 0.1) is 0 Å². The van der Waals surface area contributed by atoms with Crippen LogP contribution < -0.4 is 0 Å². The lowest BCUT2D eigenvalue weighted by Crippen LogP contribution is -2.30. The minimum absolute atomic E-state index is 0.263. The predicted molar refractivity (Wildman–Crippen MR) is 46.5 cm³/mol. The van der Waals surface area contributed by atoms with Crippen molar-refractivity contribution in [1.82, 2.24) is 0 Å². The van der Waals surface area contributed by atoms with Crippen LogP contribution in [0.4, 0.5) is 0 Å². The molecular formula is C5H8Cl2O5S. The van der Waals surface area contributed by atoms with Crippen molar-refractivity contribution in [3.63, 3.8) is 0 Å². The quantitative estimate of drug-likeness (QED) is 0.326. The number of hydrogen-bond acceptors (Lipinski definition) is 5. The summed E-state index contributed by atoms with van der Waals surface area (Å²) < 4.78 is 23.9. The topological polar surface area (TPSA) is 69.7 Å². The first-order valence-electron chi connectivity index (χ1n) is 3.23. The average Bonchev–Trinajstić information content (AvgIpc) is 1.98. The van der Waals surface area contributed by atoms with E-state index in [1.54, 1.807) is 6.92 Å². The second-order valence-electron chi connectivity index (χ2n) is 2.38. The van der Waals surface area contributed by atoms with E-state index in [0.29, 0.717) is 0 Å². The molecule has 1 atom stereocenters. The summed E-state index contributed by atoms with van der Waals surface area (Å²) in [6, 6.07) is 0. The predicted octanol–water partition coefficient (Wildman–Crippen LogP) is 1.35. The maximum atomic E-state index is 10.9. The van der Waals surface area contributed by atoms with Crippen LogP contribution in [0.1, 0.15) is 20.3 Å². The Kier molecular flexibility index (Phi) is 4.44. The maximum absolute atomic E-state index is 10.9. The van der Waals surface area contributed by atoms with Gasteiger partial charge in [0.15, 0.2) is 0 Å². The first-order valence-corrected chi connectivity index (χ1v) is 5.84. The van der Waals surface area contributed by atoms with Crippen LogP contribution in [0.5, 0.6) is 0 Å². The molecule has 0 amide bonds. The molecule has 0 aromatic heterocycles. The van der Waals surface area contributed by atoms with Gasteiger partial charge in [0, 0.05) is 0 Å². The Balaban J connectivity index is 4.19. The first-order chi connectivity index (χ1) is 5.69. The van der Waals surface area contributed by atoms with E-state index in [0.717, 1.165) is 0 Å². The molecule has 0 rings (SSSR count). The Morgan fingerprint density at radius 3 is 2.31 bits per heavy atom. The summed E-state index contributed by atoms with van der Waals surface area (Å²) in [4.78, 5) is 13.5. The summed E-state index contributed by atoms with van der Waals surface area (Å²) >= 11 is 5.61. The molecule has 0 fully saturated rings. The summed E-state index contributed by atoms with van der Waals surface area (Å²) in [5.41, 5.74) is 0. The molecular weight excluding hydrogens is 243 g/mol. The lowest BCUT2D eigenvalue weighted by molar-refractivity contribution is -0.213. The summed E-state index contributed by atoms with van der Waals surface area (Å²) in [5.74, 6) is -1.01. The molecule has 0 heterocycles. The number of hydrogen-bond donors (Lipinski definition) is 0.